The number of carboxylic acids is 1. The molecular formula is C15H23NO2. The molecule has 1 aromatic carbocycles. The zero-order valence-corrected chi connectivity index (χ0v) is 12.1. The smallest absolute Gasteiger partial charge is 0.328 e. The highest BCUT2D eigenvalue weighted by Gasteiger charge is 2.33. The molecule has 0 saturated carbocycles. The second-order valence-corrected chi connectivity index (χ2v) is 5.62. The molecule has 0 radical (unpaired) electrons. The number of aliphatic carboxylic acids is 1. The lowest BCUT2D eigenvalue weighted by Gasteiger charge is -2.35. The quantitative estimate of drug-likeness (QED) is 0.889. The van der Waals surface area contributed by atoms with Crippen molar-refractivity contribution in [2.24, 2.45) is 0 Å². The molecule has 0 saturated heterocycles. The number of benzene rings is 1. The van der Waals surface area contributed by atoms with Gasteiger partial charge in [0.2, 0.25) is 0 Å². The van der Waals surface area contributed by atoms with E-state index in [4.69, 9.17) is 0 Å². The first-order valence-corrected chi connectivity index (χ1v) is 6.25. The van der Waals surface area contributed by atoms with E-state index in [-0.39, 0.29) is 0 Å². The molecule has 1 N–H and O–H groups in total. The second-order valence-electron chi connectivity index (χ2n) is 5.62. The maximum atomic E-state index is 11.3. The molecule has 0 aromatic heterocycles. The van der Waals surface area contributed by atoms with Crippen LogP contribution in [0.15, 0.2) is 18.2 Å². The van der Waals surface area contributed by atoms with Gasteiger partial charge in [0.1, 0.15) is 5.54 Å². The van der Waals surface area contributed by atoms with Crippen molar-refractivity contribution in [2.75, 3.05) is 11.9 Å². The van der Waals surface area contributed by atoms with E-state index in [0.29, 0.717) is 5.92 Å². The molecular weight excluding hydrogens is 226 g/mol. The number of nitrogens with zero attached hydrogens (tertiary/aromatic N) is 1. The molecule has 0 spiro atoms. The lowest BCUT2D eigenvalue weighted by atomic mass is 9.97. The molecule has 3 nitrogen and oxygen atoms in total. The van der Waals surface area contributed by atoms with Gasteiger partial charge in [0, 0.05) is 12.7 Å². The van der Waals surface area contributed by atoms with Crippen molar-refractivity contribution in [2.45, 2.75) is 46.1 Å². The van der Waals surface area contributed by atoms with Gasteiger partial charge in [0.15, 0.2) is 0 Å². The highest BCUT2D eigenvalue weighted by molar-refractivity contribution is 5.82. The molecule has 18 heavy (non-hydrogen) atoms. The SMILES string of the molecule is Cc1ccc(C(C)C)cc1N(C)C(C)(C)C(=O)O. The Morgan fingerprint density at radius 1 is 1.33 bits per heavy atom. The summed E-state index contributed by atoms with van der Waals surface area (Å²) in [6, 6.07) is 6.24. The van der Waals surface area contributed by atoms with E-state index >= 15 is 0 Å². The average Bonchev–Trinajstić information content (AvgIpc) is 2.28. The summed E-state index contributed by atoms with van der Waals surface area (Å²) in [5.74, 6) is -0.384. The monoisotopic (exact) mass is 249 g/mol. The third-order valence-electron chi connectivity index (χ3n) is 3.62. The molecule has 0 fully saturated rings. The topological polar surface area (TPSA) is 40.5 Å². The average molecular weight is 249 g/mol. The van der Waals surface area contributed by atoms with E-state index in [1.54, 1.807) is 13.8 Å². The molecule has 0 unspecified atom stereocenters. The van der Waals surface area contributed by atoms with Crippen LogP contribution in [0, 0.1) is 6.92 Å². The lowest BCUT2D eigenvalue weighted by molar-refractivity contribution is -0.142. The Morgan fingerprint density at radius 2 is 1.89 bits per heavy atom. The van der Waals surface area contributed by atoms with E-state index in [2.05, 4.69) is 32.0 Å². The predicted molar refractivity (Wildman–Crippen MR) is 75.4 cm³/mol. The maximum absolute atomic E-state index is 11.3. The fourth-order valence-electron chi connectivity index (χ4n) is 1.79. The minimum absolute atomic E-state index is 0.436. The highest BCUT2D eigenvalue weighted by Crippen LogP contribution is 2.29. The minimum Gasteiger partial charge on any atom is -0.480 e. The van der Waals surface area contributed by atoms with Crippen LogP contribution >= 0.6 is 0 Å². The van der Waals surface area contributed by atoms with Crippen LogP contribution in [0.2, 0.25) is 0 Å². The molecule has 0 bridgehead atoms. The normalized spacial score (nSPS) is 11.7. The maximum Gasteiger partial charge on any atom is 0.328 e. The Hall–Kier alpha value is -1.51. The van der Waals surface area contributed by atoms with Gasteiger partial charge in [-0.05, 0) is 43.9 Å². The molecule has 3 heteroatoms. The van der Waals surface area contributed by atoms with Gasteiger partial charge in [-0.2, -0.15) is 0 Å². The fourth-order valence-corrected chi connectivity index (χ4v) is 1.79. The van der Waals surface area contributed by atoms with Gasteiger partial charge in [-0.1, -0.05) is 26.0 Å². The van der Waals surface area contributed by atoms with E-state index in [0.717, 1.165) is 11.3 Å². The summed E-state index contributed by atoms with van der Waals surface area (Å²) in [6.07, 6.45) is 0. The molecule has 0 heterocycles. The number of anilines is 1. The van der Waals surface area contributed by atoms with E-state index < -0.39 is 11.5 Å². The van der Waals surface area contributed by atoms with Crippen LogP contribution in [0.4, 0.5) is 5.69 Å². The summed E-state index contributed by atoms with van der Waals surface area (Å²) in [5.41, 5.74) is 2.38. The van der Waals surface area contributed by atoms with Crippen LogP contribution < -0.4 is 4.90 Å². The largest absolute Gasteiger partial charge is 0.480 e. The van der Waals surface area contributed by atoms with Crippen LogP contribution in [-0.4, -0.2) is 23.7 Å². The summed E-state index contributed by atoms with van der Waals surface area (Å²) in [4.78, 5) is 13.2. The molecule has 100 valence electrons. The number of carboxylic acid groups (broad SMARTS) is 1. The standard InChI is InChI=1S/C15H23NO2/c1-10(2)12-8-7-11(3)13(9-12)16(6)15(4,5)14(17)18/h7-10H,1-6H3,(H,17,18). The number of rotatable bonds is 4. The van der Waals surface area contributed by atoms with Crippen LogP contribution in [-0.2, 0) is 4.79 Å². The number of hydrogen-bond acceptors (Lipinski definition) is 2. The van der Waals surface area contributed by atoms with Gasteiger partial charge >= 0.3 is 5.97 Å². The summed E-state index contributed by atoms with van der Waals surface area (Å²) in [7, 11) is 1.83. The Labute approximate surface area is 109 Å². The predicted octanol–water partition coefficient (Wildman–Crippen LogP) is 3.42. The van der Waals surface area contributed by atoms with Crippen molar-refractivity contribution >= 4 is 11.7 Å². The van der Waals surface area contributed by atoms with Crippen molar-refractivity contribution in [1.29, 1.82) is 0 Å². The summed E-state index contributed by atoms with van der Waals surface area (Å²) < 4.78 is 0. The second kappa shape index (κ2) is 5.01. The van der Waals surface area contributed by atoms with Crippen molar-refractivity contribution in [3.8, 4) is 0 Å². The van der Waals surface area contributed by atoms with Crippen molar-refractivity contribution in [3.63, 3.8) is 0 Å². The van der Waals surface area contributed by atoms with Gasteiger partial charge < -0.3 is 10.0 Å². The van der Waals surface area contributed by atoms with Crippen LogP contribution in [0.3, 0.4) is 0 Å². The number of likely N-dealkylation sites (N-methyl/N-ethyl adjacent to an activating group) is 1. The van der Waals surface area contributed by atoms with Gasteiger partial charge in [-0.25, -0.2) is 4.79 Å². The minimum atomic E-state index is -0.916. The molecule has 0 atom stereocenters. The lowest BCUT2D eigenvalue weighted by Crippen LogP contribution is -2.48. The third kappa shape index (κ3) is 2.66. The van der Waals surface area contributed by atoms with Crippen LogP contribution in [0.5, 0.6) is 0 Å². The summed E-state index contributed by atoms with van der Waals surface area (Å²) in [6.45, 7) is 9.72. The molecule has 0 aliphatic rings. The molecule has 0 amide bonds. The first-order chi connectivity index (χ1) is 8.17. The molecule has 1 rings (SSSR count). The van der Waals surface area contributed by atoms with Crippen molar-refractivity contribution in [1.82, 2.24) is 0 Å². The van der Waals surface area contributed by atoms with Crippen molar-refractivity contribution < 1.29 is 9.90 Å². The molecule has 0 aliphatic carbocycles. The Kier molecular flexibility index (Phi) is 4.05. The molecule has 0 aliphatic heterocycles. The van der Waals surface area contributed by atoms with Gasteiger partial charge in [-0.3, -0.25) is 0 Å². The summed E-state index contributed by atoms with van der Waals surface area (Å²) >= 11 is 0. The highest BCUT2D eigenvalue weighted by atomic mass is 16.4. The van der Waals surface area contributed by atoms with Gasteiger partial charge in [0.05, 0.1) is 0 Å². The van der Waals surface area contributed by atoms with Crippen LogP contribution in [0.25, 0.3) is 0 Å². The summed E-state index contributed by atoms with van der Waals surface area (Å²) in [5, 5.41) is 9.30. The van der Waals surface area contributed by atoms with E-state index in [1.165, 1.54) is 5.56 Å². The Bertz CT molecular complexity index is 450. The Balaban J connectivity index is 3.24. The number of carbonyl (C=O) groups is 1. The zero-order chi connectivity index (χ0) is 14.1. The van der Waals surface area contributed by atoms with Gasteiger partial charge in [-0.15, -0.1) is 0 Å². The van der Waals surface area contributed by atoms with Crippen molar-refractivity contribution in [3.05, 3.63) is 29.3 Å². The van der Waals surface area contributed by atoms with Gasteiger partial charge in [0.25, 0.3) is 0 Å². The third-order valence-corrected chi connectivity index (χ3v) is 3.62. The number of hydrogen-bond donors (Lipinski definition) is 1. The zero-order valence-electron chi connectivity index (χ0n) is 12.1. The number of aryl methyl sites for hydroxylation is 1. The molecule has 1 aromatic rings. The first-order valence-electron chi connectivity index (χ1n) is 6.25. The Morgan fingerprint density at radius 3 is 2.33 bits per heavy atom. The van der Waals surface area contributed by atoms with Crippen LogP contribution in [0.1, 0.15) is 44.7 Å². The van der Waals surface area contributed by atoms with E-state index in [9.17, 15) is 9.90 Å². The van der Waals surface area contributed by atoms with E-state index in [1.807, 2.05) is 18.9 Å². The fraction of sp³-hybridized carbons (Fsp3) is 0.533. The first kappa shape index (κ1) is 14.6.